The van der Waals surface area contributed by atoms with Gasteiger partial charge >= 0.3 is 12.1 Å². The van der Waals surface area contributed by atoms with Crippen LogP contribution in [0.25, 0.3) is 0 Å². The van der Waals surface area contributed by atoms with Crippen LogP contribution in [-0.2, 0) is 11.3 Å². The molecule has 2 aromatic carbocycles. The fraction of sp³-hybridized carbons (Fsp3) is 0.318. The zero-order chi connectivity index (χ0) is 22.2. The van der Waals surface area contributed by atoms with Crippen LogP contribution in [0.15, 0.2) is 48.5 Å². The number of nitrogens with two attached hydrogens (primary N) is 1. The minimum absolute atomic E-state index is 0.00161. The molecule has 2 aliphatic heterocycles. The largest absolute Gasteiger partial charge is 0.495 e. The number of amidine groups is 1. The number of piperidine rings is 1. The molecule has 9 heteroatoms. The number of fused-ring (bicyclic) bond motifs is 1. The fourth-order valence-corrected chi connectivity index (χ4v) is 4.28. The molecule has 2 aliphatic rings. The number of carbonyl (C=O) groups is 2. The highest BCUT2D eigenvalue weighted by Gasteiger charge is 2.42. The summed E-state index contributed by atoms with van der Waals surface area (Å²) >= 11 is 0. The predicted molar refractivity (Wildman–Crippen MR) is 107 cm³/mol. The molecule has 6 nitrogen and oxygen atoms in total. The van der Waals surface area contributed by atoms with E-state index in [0.29, 0.717) is 12.1 Å². The Morgan fingerprint density at radius 2 is 1.90 bits per heavy atom. The van der Waals surface area contributed by atoms with Crippen molar-refractivity contribution in [3.8, 4) is 0 Å². The van der Waals surface area contributed by atoms with Gasteiger partial charge < -0.3 is 10.2 Å². The standard InChI is InChI=1S/C22H21F3N4O2/c23-22(24,25)21(31)28-19(26)14-6-7-15-12-29(20(30)16(15)10-14)18-8-9-27-11-17(18)13-4-2-1-3-5-13/h1-7,10,17-18,27H,8-9,11-12H2,(H2,26,28,31)/p+1/t17?,18-/m0/s1. The number of halogens is 3. The molecule has 0 aliphatic carbocycles. The average Bonchev–Trinajstić information content (AvgIpc) is 3.09. The van der Waals surface area contributed by atoms with Gasteiger partial charge in [0.2, 0.25) is 0 Å². The lowest BCUT2D eigenvalue weighted by Crippen LogP contribution is -2.83. The zero-order valence-corrected chi connectivity index (χ0v) is 16.6. The summed E-state index contributed by atoms with van der Waals surface area (Å²) in [6.45, 7) is 1.98. The van der Waals surface area contributed by atoms with Crippen molar-refractivity contribution < 1.29 is 27.8 Å². The van der Waals surface area contributed by atoms with Crippen LogP contribution in [0.3, 0.4) is 0 Å². The first-order valence-corrected chi connectivity index (χ1v) is 9.96. The zero-order valence-electron chi connectivity index (χ0n) is 16.6. The molecule has 1 saturated heterocycles. The maximum atomic E-state index is 13.2. The Labute approximate surface area is 176 Å². The second kappa shape index (κ2) is 8.14. The number of nitrogen functional groups attached to an aromatic ring is 1. The van der Waals surface area contributed by atoms with Gasteiger partial charge in [0.25, 0.3) is 11.7 Å². The summed E-state index contributed by atoms with van der Waals surface area (Å²) in [4.78, 5) is 27.8. The molecule has 0 saturated carbocycles. The smallest absolute Gasteiger partial charge is 0.331 e. The third-order valence-electron chi connectivity index (χ3n) is 5.83. The molecule has 4 rings (SSSR count). The molecule has 2 heterocycles. The van der Waals surface area contributed by atoms with Gasteiger partial charge in [0, 0.05) is 30.6 Å². The van der Waals surface area contributed by atoms with Gasteiger partial charge in [0.15, 0.2) is 0 Å². The third-order valence-corrected chi connectivity index (χ3v) is 5.83. The van der Waals surface area contributed by atoms with Crippen LogP contribution in [0.5, 0.6) is 0 Å². The number of benzene rings is 2. The molecule has 0 radical (unpaired) electrons. The van der Waals surface area contributed by atoms with Crippen molar-refractivity contribution >= 4 is 17.6 Å². The number of alkyl halides is 3. The monoisotopic (exact) mass is 431 g/mol. The Bertz CT molecular complexity index is 1040. The summed E-state index contributed by atoms with van der Waals surface area (Å²) in [6, 6.07) is 14.6. The molecule has 1 unspecified atom stereocenters. The molecule has 31 heavy (non-hydrogen) atoms. The number of hydrogen-bond donors (Lipinski definition) is 3. The van der Waals surface area contributed by atoms with E-state index < -0.39 is 17.9 Å². The Kier molecular flexibility index (Phi) is 5.53. The van der Waals surface area contributed by atoms with E-state index in [-0.39, 0.29) is 23.4 Å². The number of nitrogens with zero attached hydrogens (tertiary/aromatic N) is 1. The first-order chi connectivity index (χ1) is 14.8. The van der Waals surface area contributed by atoms with Crippen LogP contribution in [0.2, 0.25) is 0 Å². The van der Waals surface area contributed by atoms with E-state index in [2.05, 4.69) is 17.4 Å². The lowest BCUT2D eigenvalue weighted by molar-refractivity contribution is -0.406. The summed E-state index contributed by atoms with van der Waals surface area (Å²) in [7, 11) is 0. The summed E-state index contributed by atoms with van der Waals surface area (Å²) in [5, 5.41) is 3.39. The van der Waals surface area contributed by atoms with Crippen molar-refractivity contribution in [3.63, 3.8) is 0 Å². The SMILES string of the molecule is NC(=[NH+]C(=O)C(F)(F)F)c1ccc2c(c1)C(=O)N([C@H]1CCNCC1c1ccccc1)C2. The lowest BCUT2D eigenvalue weighted by atomic mass is 9.86. The van der Waals surface area contributed by atoms with Crippen LogP contribution in [0.4, 0.5) is 13.2 Å². The van der Waals surface area contributed by atoms with Crippen LogP contribution >= 0.6 is 0 Å². The molecule has 1 fully saturated rings. The van der Waals surface area contributed by atoms with Crippen molar-refractivity contribution in [2.45, 2.75) is 31.1 Å². The number of rotatable bonds is 3. The van der Waals surface area contributed by atoms with E-state index in [1.165, 1.54) is 12.1 Å². The molecular weight excluding hydrogens is 409 g/mol. The molecule has 0 spiro atoms. The van der Waals surface area contributed by atoms with E-state index in [1.54, 1.807) is 11.1 Å². The topological polar surface area (TPSA) is 89.4 Å². The minimum Gasteiger partial charge on any atom is -0.331 e. The van der Waals surface area contributed by atoms with Gasteiger partial charge in [0.05, 0.1) is 5.56 Å². The fourth-order valence-electron chi connectivity index (χ4n) is 4.28. The first kappa shape index (κ1) is 21.0. The molecule has 0 aromatic heterocycles. The van der Waals surface area contributed by atoms with Crippen LogP contribution in [0.1, 0.15) is 39.4 Å². The summed E-state index contributed by atoms with van der Waals surface area (Å²) in [5.41, 5.74) is 8.15. The molecule has 2 amide bonds. The molecule has 2 aromatic rings. The highest BCUT2D eigenvalue weighted by atomic mass is 19.4. The summed E-state index contributed by atoms with van der Waals surface area (Å²) in [6.07, 6.45) is -4.25. The van der Waals surface area contributed by atoms with Crippen molar-refractivity contribution in [1.29, 1.82) is 0 Å². The second-order valence-electron chi connectivity index (χ2n) is 7.75. The predicted octanol–water partition coefficient (Wildman–Crippen LogP) is 0.663. The normalized spacial score (nSPS) is 21.8. The van der Waals surface area contributed by atoms with E-state index in [1.807, 2.05) is 23.1 Å². The quantitative estimate of drug-likeness (QED) is 0.492. The maximum absolute atomic E-state index is 13.2. The number of amides is 2. The van der Waals surface area contributed by atoms with E-state index in [9.17, 15) is 22.8 Å². The number of carbonyl (C=O) groups excluding carboxylic acids is 2. The lowest BCUT2D eigenvalue weighted by Gasteiger charge is -2.38. The Morgan fingerprint density at radius 3 is 2.61 bits per heavy atom. The van der Waals surface area contributed by atoms with Gasteiger partial charge in [-0.15, -0.1) is 0 Å². The van der Waals surface area contributed by atoms with Crippen molar-refractivity contribution in [2.24, 2.45) is 5.73 Å². The molecule has 162 valence electrons. The molecule has 2 atom stereocenters. The van der Waals surface area contributed by atoms with Gasteiger partial charge in [-0.2, -0.15) is 13.2 Å². The van der Waals surface area contributed by atoms with Crippen molar-refractivity contribution in [3.05, 3.63) is 70.8 Å². The minimum atomic E-state index is -5.05. The number of nitrogens with one attached hydrogen (secondary N) is 2. The van der Waals surface area contributed by atoms with Gasteiger partial charge in [-0.1, -0.05) is 36.4 Å². The van der Waals surface area contributed by atoms with Gasteiger partial charge in [-0.05, 0) is 36.2 Å². The van der Waals surface area contributed by atoms with Crippen molar-refractivity contribution in [2.75, 3.05) is 13.1 Å². The third kappa shape index (κ3) is 4.18. The second-order valence-corrected chi connectivity index (χ2v) is 7.75. The Morgan fingerprint density at radius 1 is 1.16 bits per heavy atom. The molecule has 0 bridgehead atoms. The first-order valence-electron chi connectivity index (χ1n) is 9.96. The Balaban J connectivity index is 1.59. The van der Waals surface area contributed by atoms with E-state index >= 15 is 0 Å². The summed E-state index contributed by atoms with van der Waals surface area (Å²) < 4.78 is 37.5. The average molecular weight is 431 g/mol. The Hall–Kier alpha value is -3.20. The van der Waals surface area contributed by atoms with Crippen LogP contribution in [-0.4, -0.2) is 47.9 Å². The molecule has 4 N–H and O–H groups in total. The van der Waals surface area contributed by atoms with Gasteiger partial charge in [-0.3, -0.25) is 10.5 Å². The summed E-state index contributed by atoms with van der Waals surface area (Å²) in [5.74, 6) is -2.64. The van der Waals surface area contributed by atoms with Crippen LogP contribution < -0.4 is 16.0 Å². The van der Waals surface area contributed by atoms with E-state index in [4.69, 9.17) is 5.73 Å². The van der Waals surface area contributed by atoms with Gasteiger partial charge in [0.1, 0.15) is 0 Å². The van der Waals surface area contributed by atoms with E-state index in [0.717, 1.165) is 30.6 Å². The maximum Gasteiger partial charge on any atom is 0.495 e. The highest BCUT2D eigenvalue weighted by molar-refractivity contribution is 6.02. The van der Waals surface area contributed by atoms with Crippen LogP contribution in [0, 0.1) is 0 Å². The van der Waals surface area contributed by atoms with Crippen molar-refractivity contribution in [1.82, 2.24) is 10.2 Å². The number of hydrogen-bond acceptors (Lipinski definition) is 3. The van der Waals surface area contributed by atoms with Gasteiger partial charge in [-0.25, -0.2) is 9.79 Å². The molecular formula is C22H22F3N4O2+. The highest BCUT2D eigenvalue weighted by Crippen LogP contribution is 2.34.